The molecule has 1 aromatic carbocycles. The van der Waals surface area contributed by atoms with Crippen molar-refractivity contribution in [2.75, 3.05) is 11.9 Å². The molecule has 122 valence electrons. The van der Waals surface area contributed by atoms with Crippen LogP contribution in [0.5, 0.6) is 5.75 Å². The smallest absolute Gasteiger partial charge is 0.303 e. The number of hydrogen-bond donors (Lipinski definition) is 2. The van der Waals surface area contributed by atoms with E-state index in [9.17, 15) is 9.59 Å². The molecule has 1 amide bonds. The Kier molecular flexibility index (Phi) is 6.61. The molecule has 1 aromatic heterocycles. The van der Waals surface area contributed by atoms with Gasteiger partial charge < -0.3 is 15.2 Å². The summed E-state index contributed by atoms with van der Waals surface area (Å²) in [7, 11) is 0. The van der Waals surface area contributed by atoms with Gasteiger partial charge in [0.1, 0.15) is 5.75 Å². The summed E-state index contributed by atoms with van der Waals surface area (Å²) in [5.41, 5.74) is 0.698. The van der Waals surface area contributed by atoms with Crippen LogP contribution in [0.2, 0.25) is 0 Å². The van der Waals surface area contributed by atoms with Gasteiger partial charge in [0.25, 0.3) is 0 Å². The van der Waals surface area contributed by atoms with Crippen molar-refractivity contribution in [3.63, 3.8) is 0 Å². The van der Waals surface area contributed by atoms with E-state index in [1.807, 2.05) is 12.1 Å². The van der Waals surface area contributed by atoms with E-state index in [-0.39, 0.29) is 12.3 Å². The van der Waals surface area contributed by atoms with Crippen LogP contribution < -0.4 is 10.1 Å². The van der Waals surface area contributed by atoms with Crippen LogP contribution in [0.15, 0.2) is 40.2 Å². The molecule has 1 heterocycles. The predicted molar refractivity (Wildman–Crippen MR) is 93.2 cm³/mol. The zero-order valence-corrected chi connectivity index (χ0v) is 14.7. The van der Waals surface area contributed by atoms with Crippen molar-refractivity contribution in [1.82, 2.24) is 0 Å². The molecule has 0 atom stereocenters. The number of anilines is 1. The maximum Gasteiger partial charge on any atom is 0.303 e. The lowest BCUT2D eigenvalue weighted by molar-refractivity contribution is -0.137. The fraction of sp³-hybridized carbons (Fsp3) is 0.250. The summed E-state index contributed by atoms with van der Waals surface area (Å²) < 4.78 is 6.44. The molecule has 0 aliphatic rings. The fourth-order valence-corrected chi connectivity index (χ4v) is 3.34. The standard InChI is InChI=1S/C16H16BrNO4S/c17-14-8-7-13(23-14)10-15(19)18-11-3-5-12(6-4-11)22-9-1-2-16(20)21/h3-8H,1-2,9-10H2,(H,18,19)(H,20,21). The van der Waals surface area contributed by atoms with Gasteiger partial charge in [0, 0.05) is 17.0 Å². The van der Waals surface area contributed by atoms with Gasteiger partial charge in [-0.05, 0) is 58.7 Å². The van der Waals surface area contributed by atoms with Crippen LogP contribution in [0.25, 0.3) is 0 Å². The van der Waals surface area contributed by atoms with Gasteiger partial charge in [0.2, 0.25) is 5.91 Å². The number of carboxylic acids is 1. The minimum Gasteiger partial charge on any atom is -0.494 e. The van der Waals surface area contributed by atoms with Gasteiger partial charge in [-0.1, -0.05) is 0 Å². The number of carbonyl (C=O) groups excluding carboxylic acids is 1. The first-order chi connectivity index (χ1) is 11.0. The average Bonchev–Trinajstić information content (AvgIpc) is 2.90. The molecule has 2 N–H and O–H groups in total. The Bertz CT molecular complexity index is 669. The number of ether oxygens (including phenoxy) is 1. The van der Waals surface area contributed by atoms with E-state index >= 15 is 0 Å². The normalized spacial score (nSPS) is 10.3. The number of benzene rings is 1. The van der Waals surface area contributed by atoms with E-state index in [2.05, 4.69) is 21.2 Å². The van der Waals surface area contributed by atoms with Crippen LogP contribution in [-0.4, -0.2) is 23.6 Å². The largest absolute Gasteiger partial charge is 0.494 e. The maximum atomic E-state index is 11.9. The third kappa shape index (κ3) is 6.42. The highest BCUT2D eigenvalue weighted by Crippen LogP contribution is 2.23. The number of carboxylic acid groups (broad SMARTS) is 1. The molecule has 5 nitrogen and oxygen atoms in total. The Morgan fingerprint density at radius 3 is 2.52 bits per heavy atom. The number of hydrogen-bond acceptors (Lipinski definition) is 4. The van der Waals surface area contributed by atoms with E-state index in [1.54, 1.807) is 24.3 Å². The van der Waals surface area contributed by atoms with E-state index in [4.69, 9.17) is 9.84 Å². The summed E-state index contributed by atoms with van der Waals surface area (Å²) in [6.07, 6.45) is 0.890. The first-order valence-corrected chi connectivity index (χ1v) is 8.62. The first-order valence-electron chi connectivity index (χ1n) is 7.01. The number of halogens is 1. The van der Waals surface area contributed by atoms with Crippen molar-refractivity contribution >= 4 is 44.8 Å². The minimum absolute atomic E-state index is 0.0746. The molecule has 0 unspecified atom stereocenters. The SMILES string of the molecule is O=C(O)CCCOc1ccc(NC(=O)Cc2ccc(Br)s2)cc1. The molecule has 7 heteroatoms. The van der Waals surface area contributed by atoms with Gasteiger partial charge in [0.05, 0.1) is 16.8 Å². The van der Waals surface area contributed by atoms with Gasteiger partial charge in [-0.15, -0.1) is 11.3 Å². The van der Waals surface area contributed by atoms with Crippen molar-refractivity contribution in [1.29, 1.82) is 0 Å². The molecule has 2 aromatic rings. The minimum atomic E-state index is -0.829. The monoisotopic (exact) mass is 397 g/mol. The van der Waals surface area contributed by atoms with Gasteiger partial charge in [-0.25, -0.2) is 0 Å². The van der Waals surface area contributed by atoms with Gasteiger partial charge in [-0.3, -0.25) is 9.59 Å². The highest BCUT2D eigenvalue weighted by atomic mass is 79.9. The van der Waals surface area contributed by atoms with E-state index in [1.165, 1.54) is 11.3 Å². The summed E-state index contributed by atoms with van der Waals surface area (Å²) in [5, 5.41) is 11.4. The van der Waals surface area contributed by atoms with Crippen LogP contribution >= 0.6 is 27.3 Å². The fourth-order valence-electron chi connectivity index (χ4n) is 1.86. The van der Waals surface area contributed by atoms with Crippen LogP contribution in [0, 0.1) is 0 Å². The second-order valence-electron chi connectivity index (χ2n) is 4.80. The molecule has 0 fully saturated rings. The van der Waals surface area contributed by atoms with E-state index < -0.39 is 5.97 Å². The zero-order valence-electron chi connectivity index (χ0n) is 12.3. The molecule has 0 radical (unpaired) electrons. The molecule has 0 saturated carbocycles. The summed E-state index contributed by atoms with van der Waals surface area (Å²) in [6, 6.07) is 10.9. The Labute approximate surface area is 146 Å². The van der Waals surface area contributed by atoms with Crippen LogP contribution in [-0.2, 0) is 16.0 Å². The second kappa shape index (κ2) is 8.69. The van der Waals surface area contributed by atoms with Gasteiger partial charge >= 0.3 is 5.97 Å². The van der Waals surface area contributed by atoms with Gasteiger partial charge in [-0.2, -0.15) is 0 Å². The molecular weight excluding hydrogens is 382 g/mol. The van der Waals surface area contributed by atoms with E-state index in [0.29, 0.717) is 30.9 Å². The van der Waals surface area contributed by atoms with Crippen molar-refractivity contribution in [2.24, 2.45) is 0 Å². The van der Waals surface area contributed by atoms with Crippen LogP contribution in [0.1, 0.15) is 17.7 Å². The maximum absolute atomic E-state index is 11.9. The average molecular weight is 398 g/mol. The van der Waals surface area contributed by atoms with Crippen molar-refractivity contribution < 1.29 is 19.4 Å². The molecular formula is C16H16BrNO4S. The lowest BCUT2D eigenvalue weighted by atomic mass is 10.2. The van der Waals surface area contributed by atoms with Crippen molar-refractivity contribution in [2.45, 2.75) is 19.3 Å². The Hall–Kier alpha value is -1.86. The van der Waals surface area contributed by atoms with Gasteiger partial charge in [0.15, 0.2) is 0 Å². The lowest BCUT2D eigenvalue weighted by Gasteiger charge is -2.07. The molecule has 23 heavy (non-hydrogen) atoms. The molecule has 0 bridgehead atoms. The topological polar surface area (TPSA) is 75.6 Å². The zero-order chi connectivity index (χ0) is 16.7. The molecule has 0 aliphatic carbocycles. The Morgan fingerprint density at radius 1 is 1.17 bits per heavy atom. The second-order valence-corrected chi connectivity index (χ2v) is 7.35. The quantitative estimate of drug-likeness (QED) is 0.661. The van der Waals surface area contributed by atoms with Crippen LogP contribution in [0.4, 0.5) is 5.69 Å². The summed E-state index contributed by atoms with van der Waals surface area (Å²) in [5.74, 6) is -0.255. The number of thiophene rings is 1. The molecule has 0 spiro atoms. The highest BCUT2D eigenvalue weighted by molar-refractivity contribution is 9.11. The third-order valence-corrected chi connectivity index (χ3v) is 4.53. The number of amides is 1. The Balaban J connectivity index is 1.77. The van der Waals surface area contributed by atoms with E-state index in [0.717, 1.165) is 8.66 Å². The molecule has 0 saturated heterocycles. The molecule has 0 aliphatic heterocycles. The number of aliphatic carboxylic acids is 1. The number of nitrogens with one attached hydrogen (secondary N) is 1. The van der Waals surface area contributed by atoms with Crippen molar-refractivity contribution in [3.8, 4) is 5.75 Å². The summed E-state index contributed by atoms with van der Waals surface area (Å²) in [6.45, 7) is 0.352. The highest BCUT2D eigenvalue weighted by Gasteiger charge is 2.06. The van der Waals surface area contributed by atoms with Crippen LogP contribution in [0.3, 0.4) is 0 Å². The predicted octanol–water partition coefficient (Wildman–Crippen LogP) is 3.94. The number of rotatable bonds is 8. The van der Waals surface area contributed by atoms with Crippen molar-refractivity contribution in [3.05, 3.63) is 45.1 Å². The Morgan fingerprint density at radius 2 is 1.91 bits per heavy atom. The summed E-state index contributed by atoms with van der Waals surface area (Å²) >= 11 is 4.91. The lowest BCUT2D eigenvalue weighted by Crippen LogP contribution is -2.13. The first kappa shape index (κ1) is 17.5. The summed E-state index contributed by atoms with van der Waals surface area (Å²) in [4.78, 5) is 23.3. The third-order valence-electron chi connectivity index (χ3n) is 2.91. The molecule has 2 rings (SSSR count). The number of carbonyl (C=O) groups is 2.